The minimum absolute atomic E-state index is 0.0428. The predicted octanol–water partition coefficient (Wildman–Crippen LogP) is 1.44. The van der Waals surface area contributed by atoms with Crippen molar-refractivity contribution in [1.29, 1.82) is 0 Å². The maximum absolute atomic E-state index is 13.5. The van der Waals surface area contributed by atoms with Crippen molar-refractivity contribution in [3.63, 3.8) is 0 Å². The highest BCUT2D eigenvalue weighted by molar-refractivity contribution is 6.03. The van der Waals surface area contributed by atoms with Crippen LogP contribution < -0.4 is 10.2 Å². The molecule has 0 saturated carbocycles. The molecular weight excluding hydrogens is 382 g/mol. The van der Waals surface area contributed by atoms with E-state index in [2.05, 4.69) is 31.3 Å². The normalized spacial score (nSPS) is 32.6. The third kappa shape index (κ3) is 2.87. The number of nitrogens with zero attached hydrogens (tertiary/aromatic N) is 2. The van der Waals surface area contributed by atoms with E-state index < -0.39 is 17.4 Å². The van der Waals surface area contributed by atoms with Crippen molar-refractivity contribution in [1.82, 2.24) is 10.2 Å². The topological polar surface area (TPSA) is 79.0 Å². The Kier molecular flexibility index (Phi) is 4.47. The van der Waals surface area contributed by atoms with E-state index in [4.69, 9.17) is 4.74 Å². The molecule has 3 fully saturated rings. The van der Waals surface area contributed by atoms with Crippen LogP contribution in [0.5, 0.6) is 0 Å². The lowest BCUT2D eigenvalue weighted by molar-refractivity contribution is -0.140. The monoisotopic (exact) mass is 409 g/mol. The molecule has 30 heavy (non-hydrogen) atoms. The number of anilines is 1. The molecule has 4 aliphatic rings. The molecule has 1 N–H and O–H groups in total. The van der Waals surface area contributed by atoms with Gasteiger partial charge in [-0.25, -0.2) is 0 Å². The van der Waals surface area contributed by atoms with Gasteiger partial charge in [0.25, 0.3) is 0 Å². The van der Waals surface area contributed by atoms with E-state index in [0.717, 1.165) is 5.69 Å². The first-order valence-corrected chi connectivity index (χ1v) is 10.7. The molecular formula is C23H27N3O4. The summed E-state index contributed by atoms with van der Waals surface area (Å²) in [5, 5.41) is 2.80. The number of hydrogen-bond donors (Lipinski definition) is 1. The van der Waals surface area contributed by atoms with E-state index in [1.165, 1.54) is 5.56 Å². The first-order chi connectivity index (χ1) is 14.4. The van der Waals surface area contributed by atoms with Crippen LogP contribution in [0.3, 0.4) is 0 Å². The fourth-order valence-electron chi connectivity index (χ4n) is 5.24. The molecule has 1 aromatic rings. The SMILES string of the molecule is CC(C)c1ccc(N2C[C@]34C=C[C@H](O3)[C@H](C(=O)N3CCNC(=O)CC3)[C@H]4C2=O)cc1. The van der Waals surface area contributed by atoms with E-state index in [-0.39, 0.29) is 30.2 Å². The van der Waals surface area contributed by atoms with E-state index in [0.29, 0.717) is 32.1 Å². The first-order valence-electron chi connectivity index (χ1n) is 10.7. The van der Waals surface area contributed by atoms with Crippen LogP contribution >= 0.6 is 0 Å². The zero-order chi connectivity index (χ0) is 21.0. The Labute approximate surface area is 176 Å². The Balaban J connectivity index is 1.41. The molecule has 0 aromatic heterocycles. The number of benzene rings is 1. The summed E-state index contributed by atoms with van der Waals surface area (Å²) in [6.07, 6.45) is 3.82. The highest BCUT2D eigenvalue weighted by atomic mass is 16.5. The van der Waals surface area contributed by atoms with Crippen LogP contribution in [0, 0.1) is 11.8 Å². The summed E-state index contributed by atoms with van der Waals surface area (Å²) in [4.78, 5) is 42.0. The maximum atomic E-state index is 13.5. The summed E-state index contributed by atoms with van der Waals surface area (Å²) in [6.45, 7) is 5.99. The summed E-state index contributed by atoms with van der Waals surface area (Å²) >= 11 is 0. The average Bonchev–Trinajstić information content (AvgIpc) is 3.32. The van der Waals surface area contributed by atoms with Crippen molar-refractivity contribution in [2.45, 2.75) is 37.9 Å². The van der Waals surface area contributed by atoms with Gasteiger partial charge in [0.15, 0.2) is 0 Å². The summed E-state index contributed by atoms with van der Waals surface area (Å²) < 4.78 is 6.24. The van der Waals surface area contributed by atoms with Crippen LogP contribution in [0.1, 0.15) is 31.7 Å². The number of carbonyl (C=O) groups is 3. The van der Waals surface area contributed by atoms with Crippen LogP contribution in [-0.4, -0.2) is 60.5 Å². The van der Waals surface area contributed by atoms with Gasteiger partial charge in [0.1, 0.15) is 5.60 Å². The molecule has 3 amide bonds. The van der Waals surface area contributed by atoms with Gasteiger partial charge in [-0.15, -0.1) is 0 Å². The van der Waals surface area contributed by atoms with Gasteiger partial charge in [0.05, 0.1) is 24.5 Å². The highest BCUT2D eigenvalue weighted by Gasteiger charge is 2.67. The van der Waals surface area contributed by atoms with E-state index in [9.17, 15) is 14.4 Å². The smallest absolute Gasteiger partial charge is 0.234 e. The van der Waals surface area contributed by atoms with Gasteiger partial charge < -0.3 is 19.9 Å². The lowest BCUT2D eigenvalue weighted by Gasteiger charge is -2.29. The third-order valence-corrected chi connectivity index (χ3v) is 6.88. The number of amides is 3. The summed E-state index contributed by atoms with van der Waals surface area (Å²) in [5.41, 5.74) is 1.32. The Morgan fingerprint density at radius 3 is 2.70 bits per heavy atom. The second-order valence-electron chi connectivity index (χ2n) is 9.00. The quantitative estimate of drug-likeness (QED) is 0.767. The maximum Gasteiger partial charge on any atom is 0.234 e. The number of carbonyl (C=O) groups excluding carboxylic acids is 3. The van der Waals surface area contributed by atoms with E-state index in [1.54, 1.807) is 9.80 Å². The van der Waals surface area contributed by atoms with Gasteiger partial charge in [0.2, 0.25) is 17.7 Å². The lowest BCUT2D eigenvalue weighted by Crippen LogP contribution is -2.47. The Hall–Kier alpha value is -2.67. The van der Waals surface area contributed by atoms with E-state index in [1.807, 2.05) is 24.3 Å². The molecule has 7 heteroatoms. The molecule has 4 atom stereocenters. The van der Waals surface area contributed by atoms with Crippen molar-refractivity contribution in [3.05, 3.63) is 42.0 Å². The molecule has 158 valence electrons. The molecule has 1 aromatic carbocycles. The number of ether oxygens (including phenoxy) is 1. The molecule has 3 saturated heterocycles. The number of nitrogens with one attached hydrogen (secondary N) is 1. The van der Waals surface area contributed by atoms with Crippen molar-refractivity contribution in [2.75, 3.05) is 31.1 Å². The van der Waals surface area contributed by atoms with Crippen LogP contribution in [0.4, 0.5) is 5.69 Å². The fourth-order valence-corrected chi connectivity index (χ4v) is 5.24. The Morgan fingerprint density at radius 2 is 1.97 bits per heavy atom. The fraction of sp³-hybridized carbons (Fsp3) is 0.522. The predicted molar refractivity (Wildman–Crippen MR) is 111 cm³/mol. The van der Waals surface area contributed by atoms with Crippen molar-refractivity contribution >= 4 is 23.4 Å². The van der Waals surface area contributed by atoms with Crippen molar-refractivity contribution < 1.29 is 19.1 Å². The largest absolute Gasteiger partial charge is 0.360 e. The van der Waals surface area contributed by atoms with Crippen molar-refractivity contribution in [3.8, 4) is 0 Å². The van der Waals surface area contributed by atoms with Gasteiger partial charge in [-0.2, -0.15) is 0 Å². The van der Waals surface area contributed by atoms with Crippen LogP contribution in [0.25, 0.3) is 0 Å². The summed E-state index contributed by atoms with van der Waals surface area (Å²) in [6, 6.07) is 8.06. The second kappa shape index (κ2) is 6.94. The molecule has 4 aliphatic heterocycles. The average molecular weight is 409 g/mol. The first kappa shape index (κ1) is 19.3. The Morgan fingerprint density at radius 1 is 1.20 bits per heavy atom. The third-order valence-electron chi connectivity index (χ3n) is 6.88. The molecule has 0 unspecified atom stereocenters. The van der Waals surface area contributed by atoms with Gasteiger partial charge in [-0.3, -0.25) is 14.4 Å². The van der Waals surface area contributed by atoms with Crippen molar-refractivity contribution in [2.24, 2.45) is 11.8 Å². The standard InChI is InChI=1S/C23H27N3O4/c1-14(2)15-3-5-16(6-4-15)26-13-23-9-7-17(30-23)19(20(23)22(26)29)21(28)25-11-8-18(27)24-10-12-25/h3-7,9,14,17,19-20H,8,10-13H2,1-2H3,(H,24,27)/t17-,19-,20-,23-/m0/s1. The second-order valence-corrected chi connectivity index (χ2v) is 9.00. The van der Waals surface area contributed by atoms with Crippen LogP contribution in [-0.2, 0) is 19.1 Å². The molecule has 5 rings (SSSR count). The number of hydrogen-bond acceptors (Lipinski definition) is 4. The van der Waals surface area contributed by atoms with Crippen LogP contribution in [0.15, 0.2) is 36.4 Å². The van der Waals surface area contributed by atoms with Gasteiger partial charge in [0, 0.05) is 31.7 Å². The number of fused-ring (bicyclic) bond motifs is 1. The summed E-state index contributed by atoms with van der Waals surface area (Å²) in [5.74, 6) is -0.809. The molecule has 0 radical (unpaired) electrons. The minimum Gasteiger partial charge on any atom is -0.360 e. The zero-order valence-electron chi connectivity index (χ0n) is 17.3. The van der Waals surface area contributed by atoms with Crippen LogP contribution in [0.2, 0.25) is 0 Å². The molecule has 0 aliphatic carbocycles. The molecule has 2 bridgehead atoms. The molecule has 1 spiro atoms. The lowest BCUT2D eigenvalue weighted by atomic mass is 9.76. The minimum atomic E-state index is -0.737. The highest BCUT2D eigenvalue weighted by Crippen LogP contribution is 2.53. The molecule has 7 nitrogen and oxygen atoms in total. The zero-order valence-corrected chi connectivity index (χ0v) is 17.3. The molecule has 4 heterocycles. The van der Waals surface area contributed by atoms with E-state index >= 15 is 0 Å². The Bertz CT molecular complexity index is 925. The summed E-state index contributed by atoms with van der Waals surface area (Å²) in [7, 11) is 0. The van der Waals surface area contributed by atoms with Gasteiger partial charge in [-0.05, 0) is 23.6 Å². The van der Waals surface area contributed by atoms with Gasteiger partial charge in [-0.1, -0.05) is 38.1 Å². The van der Waals surface area contributed by atoms with Gasteiger partial charge >= 0.3 is 0 Å². The number of rotatable bonds is 3.